The van der Waals surface area contributed by atoms with Crippen LogP contribution < -0.4 is 0 Å². The van der Waals surface area contributed by atoms with Crippen LogP contribution in [-0.4, -0.2) is 64.6 Å². The number of hydrogen-bond donors (Lipinski definition) is 1. The number of aliphatic hydroxyl groups is 1. The lowest BCUT2D eigenvalue weighted by Gasteiger charge is -2.34. The number of aromatic nitrogens is 1. The van der Waals surface area contributed by atoms with E-state index in [2.05, 4.69) is 9.88 Å². The maximum Gasteiger partial charge on any atom is 0.265 e. The zero-order chi connectivity index (χ0) is 15.5. The van der Waals surface area contributed by atoms with Crippen molar-refractivity contribution in [2.75, 3.05) is 32.7 Å². The van der Waals surface area contributed by atoms with Crippen molar-refractivity contribution in [3.63, 3.8) is 0 Å². The van der Waals surface area contributed by atoms with E-state index in [9.17, 15) is 9.90 Å². The summed E-state index contributed by atoms with van der Waals surface area (Å²) in [6, 6.07) is 3.64. The van der Waals surface area contributed by atoms with Crippen LogP contribution in [0.5, 0.6) is 0 Å². The molecule has 0 spiro atoms. The summed E-state index contributed by atoms with van der Waals surface area (Å²) in [6.45, 7) is 5.39. The van der Waals surface area contributed by atoms with Gasteiger partial charge in [-0.25, -0.2) is 4.98 Å². The topological polar surface area (TPSA) is 69.8 Å². The van der Waals surface area contributed by atoms with E-state index >= 15 is 0 Å². The molecular weight excluding hydrogens is 302 g/mol. The number of β-amino-alcohol motifs (C(OH)–C–C–N with tert-alkyl or cyclic N) is 1. The highest BCUT2D eigenvalue weighted by molar-refractivity contribution is 7.16. The van der Waals surface area contributed by atoms with Gasteiger partial charge in [0.25, 0.3) is 5.91 Å². The predicted octanol–water partition coefficient (Wildman–Crippen LogP) is 1.54. The fourth-order valence-corrected chi connectivity index (χ4v) is 3.40. The van der Waals surface area contributed by atoms with E-state index in [1.165, 1.54) is 11.3 Å². The van der Waals surface area contributed by atoms with E-state index in [0.29, 0.717) is 30.3 Å². The highest BCUT2D eigenvalue weighted by Crippen LogP contribution is 2.26. The zero-order valence-corrected chi connectivity index (χ0v) is 13.3. The van der Waals surface area contributed by atoms with Crippen molar-refractivity contribution in [2.45, 2.75) is 13.0 Å². The van der Waals surface area contributed by atoms with Gasteiger partial charge >= 0.3 is 0 Å². The number of thiazole rings is 1. The Balaban J connectivity index is 1.61. The summed E-state index contributed by atoms with van der Waals surface area (Å²) in [5, 5.41) is 10.1. The maximum absolute atomic E-state index is 12.5. The van der Waals surface area contributed by atoms with Crippen molar-refractivity contribution < 1.29 is 14.3 Å². The first-order valence-corrected chi connectivity index (χ1v) is 8.14. The lowest BCUT2D eigenvalue weighted by Crippen LogP contribution is -2.50. The Hall–Kier alpha value is -1.70. The number of nitrogens with zero attached hydrogens (tertiary/aromatic N) is 3. The number of hydrogen-bond acceptors (Lipinski definition) is 6. The van der Waals surface area contributed by atoms with Gasteiger partial charge < -0.3 is 14.4 Å². The van der Waals surface area contributed by atoms with Gasteiger partial charge in [0, 0.05) is 32.7 Å². The van der Waals surface area contributed by atoms with Crippen molar-refractivity contribution in [2.24, 2.45) is 0 Å². The summed E-state index contributed by atoms with van der Waals surface area (Å²) >= 11 is 1.35. The highest BCUT2D eigenvalue weighted by atomic mass is 32.1. The first kappa shape index (κ1) is 15.2. The third-order valence-electron chi connectivity index (χ3n) is 3.63. The van der Waals surface area contributed by atoms with E-state index in [0.717, 1.165) is 18.1 Å². The molecule has 1 fully saturated rings. The van der Waals surface area contributed by atoms with Gasteiger partial charge in [0.05, 0.1) is 18.6 Å². The molecule has 1 amide bonds. The van der Waals surface area contributed by atoms with Crippen LogP contribution in [0.1, 0.15) is 16.6 Å². The normalized spacial score (nSPS) is 17.6. The fourth-order valence-electron chi connectivity index (χ4n) is 2.55. The molecular formula is C15H19N3O3S. The number of piperazine rings is 1. The molecule has 0 bridgehead atoms. The van der Waals surface area contributed by atoms with Gasteiger partial charge in [-0.2, -0.15) is 0 Å². The molecule has 0 radical (unpaired) electrons. The molecule has 6 nitrogen and oxygen atoms in total. The van der Waals surface area contributed by atoms with Crippen LogP contribution in [0.15, 0.2) is 29.0 Å². The highest BCUT2D eigenvalue weighted by Gasteiger charge is 2.24. The summed E-state index contributed by atoms with van der Waals surface area (Å²) in [5.41, 5.74) is 0. The molecule has 1 aliphatic heterocycles. The Morgan fingerprint density at radius 3 is 2.86 bits per heavy atom. The van der Waals surface area contributed by atoms with Crippen molar-refractivity contribution in [3.8, 4) is 10.8 Å². The number of furan rings is 1. The Morgan fingerprint density at radius 1 is 1.45 bits per heavy atom. The van der Waals surface area contributed by atoms with Crippen molar-refractivity contribution in [3.05, 3.63) is 29.5 Å². The van der Waals surface area contributed by atoms with Crippen molar-refractivity contribution >= 4 is 17.2 Å². The minimum Gasteiger partial charge on any atom is -0.462 e. The smallest absolute Gasteiger partial charge is 0.265 e. The lowest BCUT2D eigenvalue weighted by molar-refractivity contribution is 0.0558. The summed E-state index contributed by atoms with van der Waals surface area (Å²) in [7, 11) is 0. The van der Waals surface area contributed by atoms with Crippen LogP contribution in [-0.2, 0) is 0 Å². The Morgan fingerprint density at radius 2 is 2.23 bits per heavy atom. The quantitative estimate of drug-likeness (QED) is 0.925. The van der Waals surface area contributed by atoms with Crippen LogP contribution in [0.25, 0.3) is 10.8 Å². The van der Waals surface area contributed by atoms with Gasteiger partial charge in [-0.3, -0.25) is 9.69 Å². The Bertz CT molecular complexity index is 616. The van der Waals surface area contributed by atoms with Gasteiger partial charge in [-0.15, -0.1) is 11.3 Å². The molecule has 1 saturated heterocycles. The molecule has 3 rings (SSSR count). The first-order chi connectivity index (χ1) is 10.6. The second-order valence-electron chi connectivity index (χ2n) is 5.45. The molecule has 3 heterocycles. The standard InChI is InChI=1S/C15H19N3O3S/c1-11(19)10-17-4-6-18(7-5-17)15(20)13-9-16-14(22-13)12-3-2-8-21-12/h2-3,8-9,11,19H,4-7,10H2,1H3/t11-/m0/s1. The zero-order valence-electron chi connectivity index (χ0n) is 12.4. The fraction of sp³-hybridized carbons (Fsp3) is 0.467. The van der Waals surface area contributed by atoms with E-state index < -0.39 is 0 Å². The van der Waals surface area contributed by atoms with Gasteiger partial charge in [0.1, 0.15) is 4.88 Å². The number of amides is 1. The number of carbonyl (C=O) groups is 1. The number of carbonyl (C=O) groups excluding carboxylic acids is 1. The summed E-state index contributed by atoms with van der Waals surface area (Å²) < 4.78 is 5.30. The number of aliphatic hydroxyl groups excluding tert-OH is 1. The molecule has 1 aliphatic rings. The average Bonchev–Trinajstić information content (AvgIpc) is 3.18. The molecule has 0 saturated carbocycles. The number of rotatable bonds is 4. The molecule has 1 N–H and O–H groups in total. The summed E-state index contributed by atoms with van der Waals surface area (Å²) in [5.74, 6) is 0.706. The molecule has 22 heavy (non-hydrogen) atoms. The lowest BCUT2D eigenvalue weighted by atomic mass is 10.2. The molecule has 1 atom stereocenters. The first-order valence-electron chi connectivity index (χ1n) is 7.33. The Labute approximate surface area is 133 Å². The Kier molecular flexibility index (Phi) is 4.56. The molecule has 0 aromatic carbocycles. The summed E-state index contributed by atoms with van der Waals surface area (Å²) in [6.07, 6.45) is 2.88. The minimum absolute atomic E-state index is 0.0204. The maximum atomic E-state index is 12.5. The van der Waals surface area contributed by atoms with Crippen LogP contribution in [0, 0.1) is 0 Å². The molecule has 0 unspecified atom stereocenters. The molecule has 0 aliphatic carbocycles. The third kappa shape index (κ3) is 3.37. The van der Waals surface area contributed by atoms with E-state index in [1.807, 2.05) is 11.0 Å². The second kappa shape index (κ2) is 6.60. The van der Waals surface area contributed by atoms with Gasteiger partial charge in [0.2, 0.25) is 0 Å². The van der Waals surface area contributed by atoms with Crippen molar-refractivity contribution in [1.82, 2.24) is 14.8 Å². The van der Waals surface area contributed by atoms with Crippen LogP contribution in [0.4, 0.5) is 0 Å². The van der Waals surface area contributed by atoms with E-state index in [4.69, 9.17) is 4.42 Å². The third-order valence-corrected chi connectivity index (χ3v) is 4.63. The van der Waals surface area contributed by atoms with Gasteiger partial charge in [-0.05, 0) is 19.1 Å². The molecule has 7 heteroatoms. The van der Waals surface area contributed by atoms with Crippen LogP contribution in [0.2, 0.25) is 0 Å². The van der Waals surface area contributed by atoms with Crippen LogP contribution in [0.3, 0.4) is 0 Å². The minimum atomic E-state index is -0.334. The van der Waals surface area contributed by atoms with E-state index in [1.54, 1.807) is 25.5 Å². The largest absolute Gasteiger partial charge is 0.462 e. The monoisotopic (exact) mass is 321 g/mol. The predicted molar refractivity (Wildman–Crippen MR) is 83.8 cm³/mol. The van der Waals surface area contributed by atoms with Gasteiger partial charge in [0.15, 0.2) is 10.8 Å². The second-order valence-corrected chi connectivity index (χ2v) is 6.48. The van der Waals surface area contributed by atoms with E-state index in [-0.39, 0.29) is 12.0 Å². The average molecular weight is 321 g/mol. The van der Waals surface area contributed by atoms with Gasteiger partial charge in [-0.1, -0.05) is 0 Å². The molecule has 2 aromatic rings. The summed E-state index contributed by atoms with van der Waals surface area (Å²) in [4.78, 5) is 21.4. The van der Waals surface area contributed by atoms with Crippen LogP contribution >= 0.6 is 11.3 Å². The molecule has 2 aromatic heterocycles. The molecule has 118 valence electrons. The SMILES string of the molecule is C[C@H](O)CN1CCN(C(=O)c2cnc(-c3ccco3)s2)CC1. The van der Waals surface area contributed by atoms with Crippen molar-refractivity contribution in [1.29, 1.82) is 0 Å².